The van der Waals surface area contributed by atoms with E-state index in [1.54, 1.807) is 17.8 Å². The molecule has 4 rings (SSSR count). The Hall–Kier alpha value is -3.96. The normalized spacial score (nSPS) is 17.6. The topological polar surface area (TPSA) is 146 Å². The molecule has 0 spiro atoms. The van der Waals surface area contributed by atoms with E-state index in [4.69, 9.17) is 19.2 Å². The highest BCUT2D eigenvalue weighted by atomic mass is 16.5. The van der Waals surface area contributed by atoms with Crippen molar-refractivity contribution in [3.05, 3.63) is 29.6 Å². The zero-order chi connectivity index (χ0) is 24.9. The van der Waals surface area contributed by atoms with E-state index < -0.39 is 5.97 Å². The van der Waals surface area contributed by atoms with Crippen LogP contribution in [-0.4, -0.2) is 61.3 Å². The number of hydrogen-bond donors (Lipinski definition) is 2. The van der Waals surface area contributed by atoms with Gasteiger partial charge in [-0.25, -0.2) is 9.67 Å². The van der Waals surface area contributed by atoms with Crippen molar-refractivity contribution in [2.24, 2.45) is 13.0 Å². The van der Waals surface area contributed by atoms with E-state index in [9.17, 15) is 9.90 Å². The summed E-state index contributed by atoms with van der Waals surface area (Å²) in [7, 11) is 4.84. The molecule has 2 N–H and O–H groups in total. The molecule has 186 valence electrons. The quantitative estimate of drug-likeness (QED) is 0.463. The van der Waals surface area contributed by atoms with Crippen LogP contribution in [-0.2, 0) is 18.4 Å². The van der Waals surface area contributed by atoms with E-state index in [2.05, 4.69) is 25.6 Å². The number of aryl methyl sites for hydroxylation is 2. The van der Waals surface area contributed by atoms with Gasteiger partial charge < -0.3 is 24.6 Å². The lowest BCUT2D eigenvalue weighted by molar-refractivity contribution is -0.143. The summed E-state index contributed by atoms with van der Waals surface area (Å²) in [5.74, 6) is 0.625. The molecule has 0 aromatic carbocycles. The number of nitrogens with zero attached hydrogens (tertiary/aromatic N) is 6. The molecule has 0 radical (unpaired) electrons. The first-order valence-corrected chi connectivity index (χ1v) is 11.3. The maximum atomic E-state index is 11.4. The highest BCUT2D eigenvalue weighted by Crippen LogP contribution is 2.30. The van der Waals surface area contributed by atoms with Gasteiger partial charge in [-0.3, -0.25) is 4.79 Å². The summed E-state index contributed by atoms with van der Waals surface area (Å²) in [6.07, 6.45) is 2.75. The number of anilines is 1. The van der Waals surface area contributed by atoms with Crippen LogP contribution in [0.4, 0.5) is 5.95 Å². The van der Waals surface area contributed by atoms with Crippen LogP contribution in [0.5, 0.6) is 17.5 Å². The van der Waals surface area contributed by atoms with Crippen LogP contribution in [0.15, 0.2) is 18.2 Å². The molecule has 3 heterocycles. The zero-order valence-electron chi connectivity index (χ0n) is 20.2. The largest absolute Gasteiger partial charge is 0.489 e. The monoisotopic (exact) mass is 483 g/mol. The van der Waals surface area contributed by atoms with Crippen LogP contribution in [0.2, 0.25) is 0 Å². The van der Waals surface area contributed by atoms with Crippen molar-refractivity contribution < 1.29 is 24.1 Å². The Balaban J connectivity index is 1.49. The number of carbonyl (C=O) groups is 1. The van der Waals surface area contributed by atoms with Crippen molar-refractivity contribution in [2.75, 3.05) is 19.5 Å². The van der Waals surface area contributed by atoms with Gasteiger partial charge in [0.1, 0.15) is 11.4 Å². The number of carboxylic acids is 1. The number of methoxy groups -OCH3 is 2. The standard InChI is InChI=1S/C23H29N7O5/c1-13-18(35-15-7-5-6-14(10-15)22(31)32)9-8-16(25-13)21-17(30(2)29-28-21)12-24-23-26-19(33-3)11-20(27-23)34-4/h8-9,11,14-15H,5-7,10,12H2,1-4H3,(H,31,32)(H,24,26,27)/t14-,15-/m0/s1. The van der Waals surface area contributed by atoms with Gasteiger partial charge in [0, 0.05) is 7.05 Å². The van der Waals surface area contributed by atoms with Gasteiger partial charge >= 0.3 is 5.97 Å². The van der Waals surface area contributed by atoms with Gasteiger partial charge in [0.2, 0.25) is 17.7 Å². The third kappa shape index (κ3) is 5.58. The second kappa shape index (κ2) is 10.5. The van der Waals surface area contributed by atoms with Gasteiger partial charge in [-0.15, -0.1) is 5.10 Å². The Morgan fingerprint density at radius 3 is 2.57 bits per heavy atom. The summed E-state index contributed by atoms with van der Waals surface area (Å²) in [5.41, 5.74) is 2.75. The number of pyridine rings is 1. The van der Waals surface area contributed by atoms with Crippen LogP contribution in [0, 0.1) is 12.8 Å². The number of aliphatic carboxylic acids is 1. The summed E-state index contributed by atoms with van der Waals surface area (Å²) in [6, 6.07) is 5.27. The third-order valence-electron chi connectivity index (χ3n) is 6.00. The second-order valence-corrected chi connectivity index (χ2v) is 8.36. The van der Waals surface area contributed by atoms with Gasteiger partial charge in [-0.2, -0.15) is 9.97 Å². The molecule has 0 unspecified atom stereocenters. The minimum Gasteiger partial charge on any atom is -0.489 e. The lowest BCUT2D eigenvalue weighted by Gasteiger charge is -2.27. The highest BCUT2D eigenvalue weighted by molar-refractivity contribution is 5.70. The molecule has 0 amide bonds. The zero-order valence-corrected chi connectivity index (χ0v) is 20.2. The van der Waals surface area contributed by atoms with Gasteiger partial charge in [0.05, 0.1) is 55.9 Å². The molecule has 0 aliphatic heterocycles. The SMILES string of the molecule is COc1cc(OC)nc(NCc2c(-c3ccc(O[C@H]4CCC[C@H](C(=O)O)C4)c(C)n3)nnn2C)n1. The number of ether oxygens (including phenoxy) is 3. The molecule has 3 aromatic rings. The number of hydrogen-bond acceptors (Lipinski definition) is 10. The lowest BCUT2D eigenvalue weighted by atomic mass is 9.87. The Bertz CT molecular complexity index is 1180. The molecule has 1 fully saturated rings. The Kier molecular flexibility index (Phi) is 7.28. The maximum absolute atomic E-state index is 11.4. The number of aromatic nitrogens is 6. The number of rotatable bonds is 9. The number of carboxylic acid groups (broad SMARTS) is 1. The molecular formula is C23H29N7O5. The summed E-state index contributed by atoms with van der Waals surface area (Å²) in [6.45, 7) is 2.20. The molecular weight excluding hydrogens is 454 g/mol. The summed E-state index contributed by atoms with van der Waals surface area (Å²) >= 11 is 0. The minimum atomic E-state index is -0.759. The maximum Gasteiger partial charge on any atom is 0.306 e. The molecule has 0 bridgehead atoms. The fourth-order valence-electron chi connectivity index (χ4n) is 4.09. The predicted molar refractivity (Wildman–Crippen MR) is 125 cm³/mol. The summed E-state index contributed by atoms with van der Waals surface area (Å²) < 4.78 is 18.2. The van der Waals surface area contributed by atoms with Crippen molar-refractivity contribution in [1.82, 2.24) is 29.9 Å². The molecule has 0 saturated heterocycles. The van der Waals surface area contributed by atoms with Gasteiger partial charge in [0.25, 0.3) is 0 Å². The molecule has 12 heteroatoms. The van der Waals surface area contributed by atoms with Crippen molar-refractivity contribution >= 4 is 11.9 Å². The Labute approximate surface area is 202 Å². The second-order valence-electron chi connectivity index (χ2n) is 8.36. The lowest BCUT2D eigenvalue weighted by Crippen LogP contribution is -2.29. The number of nitrogens with one attached hydrogen (secondary N) is 1. The summed E-state index contributed by atoms with van der Waals surface area (Å²) in [4.78, 5) is 24.6. The third-order valence-corrected chi connectivity index (χ3v) is 6.00. The van der Waals surface area contributed by atoms with E-state index in [-0.39, 0.29) is 12.0 Å². The van der Waals surface area contributed by atoms with Crippen LogP contribution < -0.4 is 19.5 Å². The molecule has 1 aliphatic carbocycles. The Morgan fingerprint density at radius 2 is 1.91 bits per heavy atom. The molecule has 1 aliphatic rings. The molecule has 1 saturated carbocycles. The fourth-order valence-corrected chi connectivity index (χ4v) is 4.09. The van der Waals surface area contributed by atoms with Crippen molar-refractivity contribution in [3.63, 3.8) is 0 Å². The predicted octanol–water partition coefficient (Wildman–Crippen LogP) is 2.63. The van der Waals surface area contributed by atoms with Crippen molar-refractivity contribution in [1.29, 1.82) is 0 Å². The average Bonchev–Trinajstić information content (AvgIpc) is 3.23. The van der Waals surface area contributed by atoms with E-state index in [0.717, 1.165) is 18.5 Å². The average molecular weight is 484 g/mol. The first kappa shape index (κ1) is 24.2. The van der Waals surface area contributed by atoms with Crippen LogP contribution in [0.1, 0.15) is 37.1 Å². The molecule has 3 aromatic heterocycles. The van der Waals surface area contributed by atoms with E-state index in [0.29, 0.717) is 59.9 Å². The fraction of sp³-hybridized carbons (Fsp3) is 0.478. The van der Waals surface area contributed by atoms with E-state index >= 15 is 0 Å². The summed E-state index contributed by atoms with van der Waals surface area (Å²) in [5, 5.41) is 20.9. The Morgan fingerprint density at radius 1 is 1.17 bits per heavy atom. The van der Waals surface area contributed by atoms with Gasteiger partial charge in [0.15, 0.2) is 0 Å². The van der Waals surface area contributed by atoms with E-state index in [1.165, 1.54) is 14.2 Å². The van der Waals surface area contributed by atoms with E-state index in [1.807, 2.05) is 19.1 Å². The first-order valence-electron chi connectivity index (χ1n) is 11.3. The smallest absolute Gasteiger partial charge is 0.306 e. The van der Waals surface area contributed by atoms with Gasteiger partial charge in [-0.1, -0.05) is 5.21 Å². The van der Waals surface area contributed by atoms with Crippen LogP contribution in [0.25, 0.3) is 11.4 Å². The first-order chi connectivity index (χ1) is 16.9. The van der Waals surface area contributed by atoms with Crippen molar-refractivity contribution in [2.45, 2.75) is 45.3 Å². The molecule has 12 nitrogen and oxygen atoms in total. The van der Waals surface area contributed by atoms with Gasteiger partial charge in [-0.05, 0) is 44.7 Å². The van der Waals surface area contributed by atoms with Crippen molar-refractivity contribution in [3.8, 4) is 28.9 Å². The minimum absolute atomic E-state index is 0.132. The van der Waals surface area contributed by atoms with Crippen LogP contribution in [0.3, 0.4) is 0 Å². The highest BCUT2D eigenvalue weighted by Gasteiger charge is 2.28. The van der Waals surface area contributed by atoms with Crippen LogP contribution >= 0.6 is 0 Å². The molecule has 35 heavy (non-hydrogen) atoms. The molecule has 2 atom stereocenters.